The molecular formula is C23H35N3O4S. The van der Waals surface area contributed by atoms with Gasteiger partial charge in [-0.15, -0.1) is 0 Å². The van der Waals surface area contributed by atoms with Crippen LogP contribution in [0.5, 0.6) is 5.75 Å². The summed E-state index contributed by atoms with van der Waals surface area (Å²) in [6.45, 7) is 9.05. The van der Waals surface area contributed by atoms with Gasteiger partial charge in [-0.1, -0.05) is 27.7 Å². The fourth-order valence-corrected chi connectivity index (χ4v) is 4.91. The van der Waals surface area contributed by atoms with Gasteiger partial charge in [0.25, 0.3) is 0 Å². The lowest BCUT2D eigenvalue weighted by molar-refractivity contribution is -0.132. The van der Waals surface area contributed by atoms with Gasteiger partial charge in [0.15, 0.2) is 0 Å². The summed E-state index contributed by atoms with van der Waals surface area (Å²) in [6.07, 6.45) is 1.94. The number of carbonyl (C=O) groups excluding carboxylic acids is 1. The molecule has 172 valence electrons. The maximum atomic E-state index is 13.3. The summed E-state index contributed by atoms with van der Waals surface area (Å²) in [5.74, 6) is 0.719. The molecule has 0 fully saturated rings. The molecule has 0 aliphatic heterocycles. The Morgan fingerprint density at radius 1 is 1.03 bits per heavy atom. The number of aromatic nitrogens is 1. The SMILES string of the molecule is COc1ccc(S(=O)(=O)N(CC(=O)N(Cc2cccn2C)CC(C)C)CC(C)C)cc1. The van der Waals surface area contributed by atoms with Gasteiger partial charge >= 0.3 is 0 Å². The maximum absolute atomic E-state index is 13.3. The molecule has 1 heterocycles. The minimum atomic E-state index is -3.82. The van der Waals surface area contributed by atoms with Crippen molar-refractivity contribution < 1.29 is 17.9 Å². The zero-order chi connectivity index (χ0) is 23.2. The van der Waals surface area contributed by atoms with Gasteiger partial charge in [0.2, 0.25) is 15.9 Å². The van der Waals surface area contributed by atoms with Crippen molar-refractivity contribution in [2.75, 3.05) is 26.7 Å². The summed E-state index contributed by atoms with van der Waals surface area (Å²) in [4.78, 5) is 15.2. The number of nitrogens with zero attached hydrogens (tertiary/aromatic N) is 3. The number of hydrogen-bond donors (Lipinski definition) is 0. The Balaban J connectivity index is 2.29. The first-order valence-electron chi connectivity index (χ1n) is 10.6. The van der Waals surface area contributed by atoms with Crippen LogP contribution >= 0.6 is 0 Å². The van der Waals surface area contributed by atoms with Crippen molar-refractivity contribution in [1.29, 1.82) is 0 Å². The molecular weight excluding hydrogens is 414 g/mol. The van der Waals surface area contributed by atoms with Gasteiger partial charge in [-0.25, -0.2) is 8.42 Å². The van der Waals surface area contributed by atoms with Crippen LogP contribution in [0.25, 0.3) is 0 Å². The molecule has 1 aromatic carbocycles. The van der Waals surface area contributed by atoms with Gasteiger partial charge in [0.05, 0.1) is 25.1 Å². The van der Waals surface area contributed by atoms with Crippen molar-refractivity contribution in [1.82, 2.24) is 13.8 Å². The molecule has 2 aromatic rings. The standard InChI is InChI=1S/C23H35N3O4S/c1-18(2)14-25(16-20-8-7-13-24(20)5)23(27)17-26(15-19(3)4)31(28,29)22-11-9-21(30-6)10-12-22/h7-13,18-19H,14-17H2,1-6H3. The quantitative estimate of drug-likeness (QED) is 0.527. The summed E-state index contributed by atoms with van der Waals surface area (Å²) < 4.78 is 35.1. The Hall–Kier alpha value is -2.32. The fraction of sp³-hybridized carbons (Fsp3) is 0.522. The van der Waals surface area contributed by atoms with Gasteiger partial charge in [0, 0.05) is 32.0 Å². The predicted molar refractivity (Wildman–Crippen MR) is 122 cm³/mol. The van der Waals surface area contributed by atoms with Crippen LogP contribution < -0.4 is 4.74 Å². The van der Waals surface area contributed by atoms with E-state index in [1.54, 1.807) is 17.0 Å². The van der Waals surface area contributed by atoms with Crippen LogP contribution in [0.3, 0.4) is 0 Å². The fourth-order valence-electron chi connectivity index (χ4n) is 3.35. The lowest BCUT2D eigenvalue weighted by atomic mass is 10.2. The molecule has 0 atom stereocenters. The van der Waals surface area contributed by atoms with E-state index in [1.165, 1.54) is 23.5 Å². The first-order chi connectivity index (χ1) is 14.5. The van der Waals surface area contributed by atoms with Crippen LogP contribution in [0.15, 0.2) is 47.5 Å². The second kappa shape index (κ2) is 10.8. The molecule has 0 saturated carbocycles. The van der Waals surface area contributed by atoms with Crippen LogP contribution in [-0.4, -0.2) is 54.8 Å². The zero-order valence-corrected chi connectivity index (χ0v) is 20.2. The second-order valence-electron chi connectivity index (χ2n) is 8.65. The Morgan fingerprint density at radius 2 is 1.65 bits per heavy atom. The van der Waals surface area contributed by atoms with Gasteiger partial charge in [-0.05, 0) is 48.2 Å². The molecule has 31 heavy (non-hydrogen) atoms. The Bertz CT molecular complexity index is 949. The third-order valence-corrected chi connectivity index (χ3v) is 6.75. The monoisotopic (exact) mass is 449 g/mol. The van der Waals surface area contributed by atoms with Crippen LogP contribution in [0.4, 0.5) is 0 Å². The average Bonchev–Trinajstić information content (AvgIpc) is 3.10. The molecule has 0 aliphatic rings. The third kappa shape index (κ3) is 6.83. The first kappa shape index (κ1) is 24.9. The van der Waals surface area contributed by atoms with Crippen LogP contribution in [0, 0.1) is 11.8 Å². The highest BCUT2D eigenvalue weighted by Gasteiger charge is 2.29. The first-order valence-corrected chi connectivity index (χ1v) is 12.0. The summed E-state index contributed by atoms with van der Waals surface area (Å²) in [6, 6.07) is 10.2. The number of ether oxygens (including phenoxy) is 1. The number of aryl methyl sites for hydroxylation is 1. The lowest BCUT2D eigenvalue weighted by Crippen LogP contribution is -2.45. The van der Waals surface area contributed by atoms with Gasteiger partial charge < -0.3 is 14.2 Å². The number of methoxy groups -OCH3 is 1. The number of sulfonamides is 1. The van der Waals surface area contributed by atoms with E-state index in [0.29, 0.717) is 18.8 Å². The minimum Gasteiger partial charge on any atom is -0.497 e. The second-order valence-corrected chi connectivity index (χ2v) is 10.6. The molecule has 0 saturated heterocycles. The number of rotatable bonds is 11. The molecule has 0 unspecified atom stereocenters. The number of benzene rings is 1. The Morgan fingerprint density at radius 3 is 2.13 bits per heavy atom. The van der Waals surface area contributed by atoms with E-state index in [4.69, 9.17) is 4.74 Å². The smallest absolute Gasteiger partial charge is 0.243 e. The largest absolute Gasteiger partial charge is 0.497 e. The van der Waals surface area contributed by atoms with E-state index >= 15 is 0 Å². The third-order valence-electron chi connectivity index (χ3n) is 4.92. The van der Waals surface area contributed by atoms with Crippen molar-refractivity contribution in [3.8, 4) is 5.75 Å². The molecule has 0 aliphatic carbocycles. The van der Waals surface area contributed by atoms with Gasteiger partial charge in [-0.3, -0.25) is 4.79 Å². The highest BCUT2D eigenvalue weighted by molar-refractivity contribution is 7.89. The molecule has 2 rings (SSSR count). The zero-order valence-electron chi connectivity index (χ0n) is 19.4. The molecule has 1 amide bonds. The summed E-state index contributed by atoms with van der Waals surface area (Å²) in [7, 11) is -0.355. The van der Waals surface area contributed by atoms with E-state index in [2.05, 4.69) is 0 Å². The van der Waals surface area contributed by atoms with Crippen molar-refractivity contribution in [2.24, 2.45) is 18.9 Å². The topological polar surface area (TPSA) is 71.8 Å². The van der Waals surface area contributed by atoms with E-state index < -0.39 is 10.0 Å². The molecule has 1 aromatic heterocycles. The molecule has 0 spiro atoms. The van der Waals surface area contributed by atoms with E-state index in [1.807, 2.05) is 57.6 Å². The molecule has 8 heteroatoms. The van der Waals surface area contributed by atoms with Crippen LogP contribution in [0.1, 0.15) is 33.4 Å². The average molecular weight is 450 g/mol. The van der Waals surface area contributed by atoms with Crippen molar-refractivity contribution in [3.63, 3.8) is 0 Å². The highest BCUT2D eigenvalue weighted by atomic mass is 32.2. The number of hydrogen-bond acceptors (Lipinski definition) is 4. The van der Waals surface area contributed by atoms with E-state index in [-0.39, 0.29) is 35.7 Å². The van der Waals surface area contributed by atoms with Crippen molar-refractivity contribution in [2.45, 2.75) is 39.1 Å². The normalized spacial score (nSPS) is 12.0. The Kier molecular flexibility index (Phi) is 8.70. The van der Waals surface area contributed by atoms with E-state index in [0.717, 1.165) is 5.69 Å². The Labute approximate surface area is 186 Å². The summed E-state index contributed by atoms with van der Waals surface area (Å²) >= 11 is 0. The lowest BCUT2D eigenvalue weighted by Gasteiger charge is -2.29. The number of carbonyl (C=O) groups is 1. The van der Waals surface area contributed by atoms with Crippen molar-refractivity contribution in [3.05, 3.63) is 48.3 Å². The highest BCUT2D eigenvalue weighted by Crippen LogP contribution is 2.21. The van der Waals surface area contributed by atoms with Crippen LogP contribution in [-0.2, 0) is 28.4 Å². The summed E-state index contributed by atoms with van der Waals surface area (Å²) in [5.41, 5.74) is 1.00. The predicted octanol–water partition coefficient (Wildman–Crippen LogP) is 3.37. The van der Waals surface area contributed by atoms with Gasteiger partial charge in [-0.2, -0.15) is 4.31 Å². The van der Waals surface area contributed by atoms with Crippen molar-refractivity contribution >= 4 is 15.9 Å². The minimum absolute atomic E-state index is 0.0762. The molecule has 7 nitrogen and oxygen atoms in total. The van der Waals surface area contributed by atoms with Gasteiger partial charge in [0.1, 0.15) is 5.75 Å². The van der Waals surface area contributed by atoms with E-state index in [9.17, 15) is 13.2 Å². The summed E-state index contributed by atoms with van der Waals surface area (Å²) in [5, 5.41) is 0. The molecule has 0 bridgehead atoms. The molecule has 0 N–H and O–H groups in total. The number of amides is 1. The molecule has 0 radical (unpaired) electrons. The van der Waals surface area contributed by atoms with Crippen LogP contribution in [0.2, 0.25) is 0 Å². The maximum Gasteiger partial charge on any atom is 0.243 e.